The summed E-state index contributed by atoms with van der Waals surface area (Å²) in [6, 6.07) is 2.01. The average Bonchev–Trinajstić information content (AvgIpc) is 2.81. The van der Waals surface area contributed by atoms with Gasteiger partial charge < -0.3 is 10.4 Å². The Labute approximate surface area is 103 Å². The maximum atomic E-state index is 11.7. The van der Waals surface area contributed by atoms with Gasteiger partial charge in [0.25, 0.3) is 5.91 Å². The van der Waals surface area contributed by atoms with Gasteiger partial charge in [-0.15, -0.1) is 11.3 Å². The summed E-state index contributed by atoms with van der Waals surface area (Å²) in [6.07, 6.45) is 3.60. The molecule has 0 saturated heterocycles. The number of amides is 1. The summed E-state index contributed by atoms with van der Waals surface area (Å²) in [7, 11) is 0. The number of aliphatic carboxylic acids is 1. The van der Waals surface area contributed by atoms with Crippen LogP contribution in [0.3, 0.4) is 0 Å². The fourth-order valence-corrected chi connectivity index (χ4v) is 2.27. The summed E-state index contributed by atoms with van der Waals surface area (Å²) in [4.78, 5) is 22.9. The van der Waals surface area contributed by atoms with E-state index in [1.54, 1.807) is 11.4 Å². The molecule has 1 aromatic rings. The van der Waals surface area contributed by atoms with Crippen LogP contribution in [0.25, 0.3) is 6.08 Å². The molecule has 1 saturated carbocycles. The number of hydrogen-bond donors (Lipinski definition) is 2. The van der Waals surface area contributed by atoms with Crippen LogP contribution in [0.15, 0.2) is 17.5 Å². The molecule has 2 rings (SSSR count). The van der Waals surface area contributed by atoms with Crippen molar-refractivity contribution in [3.63, 3.8) is 0 Å². The van der Waals surface area contributed by atoms with Crippen molar-refractivity contribution in [1.82, 2.24) is 5.32 Å². The predicted molar refractivity (Wildman–Crippen MR) is 66.0 cm³/mol. The second-order valence-corrected chi connectivity index (χ2v) is 5.15. The van der Waals surface area contributed by atoms with E-state index < -0.39 is 5.97 Å². The first-order valence-electron chi connectivity index (χ1n) is 5.36. The van der Waals surface area contributed by atoms with Crippen LogP contribution in [0.1, 0.15) is 28.6 Å². The summed E-state index contributed by atoms with van der Waals surface area (Å²) >= 11 is 1.36. The van der Waals surface area contributed by atoms with Crippen LogP contribution >= 0.6 is 11.3 Å². The van der Waals surface area contributed by atoms with E-state index in [1.165, 1.54) is 17.4 Å². The Hall–Kier alpha value is -1.62. The van der Waals surface area contributed by atoms with Crippen molar-refractivity contribution >= 4 is 29.3 Å². The molecule has 2 unspecified atom stereocenters. The van der Waals surface area contributed by atoms with Gasteiger partial charge in [0, 0.05) is 22.4 Å². The van der Waals surface area contributed by atoms with Gasteiger partial charge in [0.2, 0.25) is 0 Å². The minimum Gasteiger partial charge on any atom is -0.478 e. The van der Waals surface area contributed by atoms with E-state index in [2.05, 4.69) is 12.2 Å². The molecule has 5 heteroatoms. The van der Waals surface area contributed by atoms with Gasteiger partial charge in [-0.1, -0.05) is 6.92 Å². The molecule has 1 heterocycles. The van der Waals surface area contributed by atoms with E-state index in [4.69, 9.17) is 5.11 Å². The van der Waals surface area contributed by atoms with Crippen LogP contribution in [-0.4, -0.2) is 23.0 Å². The molecule has 0 radical (unpaired) electrons. The van der Waals surface area contributed by atoms with Crippen LogP contribution in [0.2, 0.25) is 0 Å². The summed E-state index contributed by atoms with van der Waals surface area (Å²) in [6.45, 7) is 2.10. The maximum Gasteiger partial charge on any atom is 0.328 e. The van der Waals surface area contributed by atoms with Gasteiger partial charge in [0.1, 0.15) is 0 Å². The van der Waals surface area contributed by atoms with Gasteiger partial charge in [-0.25, -0.2) is 4.79 Å². The molecule has 2 N–H and O–H groups in total. The largest absolute Gasteiger partial charge is 0.478 e. The summed E-state index contributed by atoms with van der Waals surface area (Å²) in [5.41, 5.74) is 0.596. The molecule has 1 amide bonds. The van der Waals surface area contributed by atoms with Gasteiger partial charge in [-0.2, -0.15) is 0 Å². The van der Waals surface area contributed by atoms with Gasteiger partial charge >= 0.3 is 5.97 Å². The number of carbonyl (C=O) groups excluding carboxylic acids is 1. The lowest BCUT2D eigenvalue weighted by atomic mass is 10.3. The van der Waals surface area contributed by atoms with Gasteiger partial charge in [0.15, 0.2) is 0 Å². The van der Waals surface area contributed by atoms with Crippen LogP contribution in [0.4, 0.5) is 0 Å². The van der Waals surface area contributed by atoms with Crippen LogP contribution in [0.5, 0.6) is 0 Å². The molecule has 4 nitrogen and oxygen atoms in total. The van der Waals surface area contributed by atoms with E-state index in [-0.39, 0.29) is 5.91 Å². The monoisotopic (exact) mass is 251 g/mol. The van der Waals surface area contributed by atoms with E-state index >= 15 is 0 Å². The molecular weight excluding hydrogens is 238 g/mol. The molecule has 0 aromatic carbocycles. The molecule has 0 spiro atoms. The van der Waals surface area contributed by atoms with Crippen LogP contribution in [-0.2, 0) is 4.79 Å². The first-order chi connectivity index (χ1) is 8.06. The lowest BCUT2D eigenvalue weighted by Gasteiger charge is -2.00. The third-order valence-corrected chi connectivity index (χ3v) is 3.60. The van der Waals surface area contributed by atoms with E-state index in [0.717, 1.165) is 17.4 Å². The SMILES string of the molecule is CC1CC1NC(=O)c1csc(C=CC(=O)O)c1. The lowest BCUT2D eigenvalue weighted by Crippen LogP contribution is -2.25. The predicted octanol–water partition coefficient (Wildman–Crippen LogP) is 1.98. The average molecular weight is 251 g/mol. The highest BCUT2D eigenvalue weighted by Crippen LogP contribution is 2.29. The number of nitrogens with one attached hydrogen (secondary N) is 1. The molecule has 0 aliphatic heterocycles. The molecule has 2 atom stereocenters. The van der Waals surface area contributed by atoms with Crippen molar-refractivity contribution in [2.45, 2.75) is 19.4 Å². The molecule has 1 fully saturated rings. The Morgan fingerprint density at radius 1 is 1.59 bits per heavy atom. The van der Waals surface area contributed by atoms with Crippen LogP contribution in [0, 0.1) is 5.92 Å². The third-order valence-electron chi connectivity index (χ3n) is 2.70. The van der Waals surface area contributed by atoms with E-state index in [9.17, 15) is 9.59 Å². The number of hydrogen-bond acceptors (Lipinski definition) is 3. The summed E-state index contributed by atoms with van der Waals surface area (Å²) < 4.78 is 0. The maximum absolute atomic E-state index is 11.7. The molecule has 17 heavy (non-hydrogen) atoms. The van der Waals surface area contributed by atoms with E-state index in [1.807, 2.05) is 0 Å². The number of rotatable bonds is 4. The number of carbonyl (C=O) groups is 2. The quantitative estimate of drug-likeness (QED) is 0.804. The number of carboxylic acids is 1. The third kappa shape index (κ3) is 3.17. The molecule has 1 aromatic heterocycles. The Morgan fingerprint density at radius 3 is 2.88 bits per heavy atom. The highest BCUT2D eigenvalue weighted by atomic mass is 32.1. The van der Waals surface area contributed by atoms with Crippen molar-refractivity contribution in [3.8, 4) is 0 Å². The van der Waals surface area contributed by atoms with Crippen molar-refractivity contribution in [2.24, 2.45) is 5.92 Å². The zero-order valence-electron chi connectivity index (χ0n) is 9.34. The first-order valence-corrected chi connectivity index (χ1v) is 6.24. The summed E-state index contributed by atoms with van der Waals surface area (Å²) in [5, 5.41) is 13.2. The Balaban J connectivity index is 1.97. The van der Waals surface area contributed by atoms with Gasteiger partial charge in [0.05, 0.1) is 5.56 Å². The molecular formula is C12H13NO3S. The number of carboxylic acid groups (broad SMARTS) is 1. The minimum absolute atomic E-state index is 0.0782. The first kappa shape index (κ1) is 11.9. The topological polar surface area (TPSA) is 66.4 Å². The van der Waals surface area contributed by atoms with Crippen molar-refractivity contribution in [2.75, 3.05) is 0 Å². The van der Waals surface area contributed by atoms with E-state index in [0.29, 0.717) is 17.5 Å². The summed E-state index contributed by atoms with van der Waals surface area (Å²) in [5.74, 6) is -0.495. The van der Waals surface area contributed by atoms with Crippen molar-refractivity contribution in [1.29, 1.82) is 0 Å². The zero-order chi connectivity index (χ0) is 12.4. The lowest BCUT2D eigenvalue weighted by molar-refractivity contribution is -0.131. The second-order valence-electron chi connectivity index (χ2n) is 4.20. The van der Waals surface area contributed by atoms with Gasteiger partial charge in [-0.05, 0) is 24.5 Å². The van der Waals surface area contributed by atoms with Crippen molar-refractivity contribution in [3.05, 3.63) is 28.0 Å². The second kappa shape index (κ2) is 4.71. The standard InChI is InChI=1S/C12H13NO3S/c1-7-4-10(7)13-12(16)8-5-9(17-6-8)2-3-11(14)15/h2-3,5-7,10H,4H2,1H3,(H,13,16)(H,14,15). The fourth-order valence-electron chi connectivity index (χ4n) is 1.49. The van der Waals surface area contributed by atoms with Crippen LogP contribution < -0.4 is 5.32 Å². The highest BCUT2D eigenvalue weighted by molar-refractivity contribution is 7.11. The molecule has 90 valence electrons. The Morgan fingerprint density at radius 2 is 2.29 bits per heavy atom. The number of thiophene rings is 1. The van der Waals surface area contributed by atoms with Gasteiger partial charge in [-0.3, -0.25) is 4.79 Å². The normalized spacial score (nSPS) is 22.6. The van der Waals surface area contributed by atoms with Crippen molar-refractivity contribution < 1.29 is 14.7 Å². The Kier molecular flexibility index (Phi) is 3.28. The molecule has 1 aliphatic rings. The highest BCUT2D eigenvalue weighted by Gasteiger charge is 2.34. The zero-order valence-corrected chi connectivity index (χ0v) is 10.2. The minimum atomic E-state index is -0.990. The molecule has 1 aliphatic carbocycles. The Bertz CT molecular complexity index is 478. The smallest absolute Gasteiger partial charge is 0.328 e. The molecule has 0 bridgehead atoms. The fraction of sp³-hybridized carbons (Fsp3) is 0.333.